The zero-order valence-electron chi connectivity index (χ0n) is 12.8. The van der Waals surface area contributed by atoms with Crippen molar-refractivity contribution in [3.8, 4) is 0 Å². The Labute approximate surface area is 125 Å². The molecule has 0 aliphatic rings. The van der Waals surface area contributed by atoms with Gasteiger partial charge in [-0.3, -0.25) is 9.59 Å². The smallest absolute Gasteiger partial charge is 0.251 e. The molecule has 1 rings (SSSR count). The van der Waals surface area contributed by atoms with Crippen LogP contribution in [0.3, 0.4) is 0 Å². The Kier molecular flexibility index (Phi) is 6.88. The maximum atomic E-state index is 11.9. The molecule has 2 unspecified atom stereocenters. The summed E-state index contributed by atoms with van der Waals surface area (Å²) in [5.74, 6) is -0.282. The minimum atomic E-state index is -0.377. The summed E-state index contributed by atoms with van der Waals surface area (Å²) in [6.45, 7) is 5.98. The Morgan fingerprint density at radius 3 is 2.48 bits per heavy atom. The zero-order chi connectivity index (χ0) is 15.8. The fourth-order valence-electron chi connectivity index (χ4n) is 2.10. The van der Waals surface area contributed by atoms with Gasteiger partial charge in [-0.05, 0) is 37.8 Å². The Balaban J connectivity index is 2.33. The summed E-state index contributed by atoms with van der Waals surface area (Å²) in [5.41, 5.74) is 1.45. The van der Waals surface area contributed by atoms with Crippen LogP contribution in [0, 0.1) is 12.8 Å². The minimum absolute atomic E-state index is 0.0471. The predicted molar refractivity (Wildman–Crippen MR) is 82.0 cm³/mol. The molecule has 0 spiro atoms. The van der Waals surface area contributed by atoms with Gasteiger partial charge < -0.3 is 15.7 Å². The molecular weight excluding hydrogens is 268 g/mol. The largest absolute Gasteiger partial charge is 0.393 e. The van der Waals surface area contributed by atoms with Crippen LogP contribution in [0.4, 0.5) is 0 Å². The van der Waals surface area contributed by atoms with Crippen LogP contribution in [-0.2, 0) is 4.79 Å². The van der Waals surface area contributed by atoms with Gasteiger partial charge in [-0.2, -0.15) is 0 Å². The number of carbonyl (C=O) groups excluding carboxylic acids is 2. The second-order valence-electron chi connectivity index (χ2n) is 5.49. The van der Waals surface area contributed by atoms with Gasteiger partial charge in [0, 0.05) is 12.1 Å². The monoisotopic (exact) mass is 292 g/mol. The van der Waals surface area contributed by atoms with Crippen molar-refractivity contribution < 1.29 is 14.7 Å². The van der Waals surface area contributed by atoms with Crippen LogP contribution < -0.4 is 10.6 Å². The average molecular weight is 292 g/mol. The maximum absolute atomic E-state index is 11.9. The first-order valence-corrected chi connectivity index (χ1v) is 7.18. The second-order valence-corrected chi connectivity index (χ2v) is 5.49. The standard InChI is InChI=1S/C16H24N2O3/c1-11(8-13(3)19)9-17-15(20)10-18-16(21)14-7-5-4-6-12(14)2/h4-7,11,13,19H,8-10H2,1-3H3,(H,17,20)(H,18,21). The summed E-state index contributed by atoms with van der Waals surface area (Å²) >= 11 is 0. The van der Waals surface area contributed by atoms with E-state index >= 15 is 0 Å². The van der Waals surface area contributed by atoms with Gasteiger partial charge in [0.2, 0.25) is 5.91 Å². The van der Waals surface area contributed by atoms with E-state index in [1.165, 1.54) is 0 Å². The van der Waals surface area contributed by atoms with Gasteiger partial charge in [0.05, 0.1) is 12.6 Å². The van der Waals surface area contributed by atoms with Crippen LogP contribution in [-0.4, -0.2) is 36.1 Å². The molecule has 21 heavy (non-hydrogen) atoms. The lowest BCUT2D eigenvalue weighted by atomic mass is 10.0. The topological polar surface area (TPSA) is 78.4 Å². The average Bonchev–Trinajstić information content (AvgIpc) is 2.42. The molecule has 0 aliphatic heterocycles. The van der Waals surface area contributed by atoms with Crippen LogP contribution in [0.15, 0.2) is 24.3 Å². The number of aliphatic hydroxyl groups is 1. The molecule has 5 nitrogen and oxygen atoms in total. The molecule has 1 aromatic rings. The molecule has 3 N–H and O–H groups in total. The first-order chi connectivity index (χ1) is 9.90. The molecule has 0 saturated carbocycles. The molecule has 0 saturated heterocycles. The molecule has 5 heteroatoms. The molecule has 0 fully saturated rings. The van der Waals surface area contributed by atoms with Crippen molar-refractivity contribution in [1.82, 2.24) is 10.6 Å². The zero-order valence-corrected chi connectivity index (χ0v) is 12.8. The van der Waals surface area contributed by atoms with Crippen LogP contribution in [0.5, 0.6) is 0 Å². The number of aliphatic hydroxyl groups excluding tert-OH is 1. The molecule has 116 valence electrons. The minimum Gasteiger partial charge on any atom is -0.393 e. The van der Waals surface area contributed by atoms with Crippen molar-refractivity contribution in [1.29, 1.82) is 0 Å². The first kappa shape index (κ1) is 17.2. The summed E-state index contributed by atoms with van der Waals surface area (Å²) in [4.78, 5) is 23.6. The number of rotatable bonds is 7. The van der Waals surface area contributed by atoms with Gasteiger partial charge in [0.1, 0.15) is 0 Å². The lowest BCUT2D eigenvalue weighted by Crippen LogP contribution is -2.39. The lowest BCUT2D eigenvalue weighted by Gasteiger charge is -2.14. The van der Waals surface area contributed by atoms with Crippen LogP contribution in [0.25, 0.3) is 0 Å². The van der Waals surface area contributed by atoms with Crippen molar-refractivity contribution in [3.63, 3.8) is 0 Å². The van der Waals surface area contributed by atoms with E-state index in [9.17, 15) is 14.7 Å². The van der Waals surface area contributed by atoms with E-state index in [0.717, 1.165) is 5.56 Å². The molecule has 2 atom stereocenters. The summed E-state index contributed by atoms with van der Waals surface area (Å²) in [6, 6.07) is 7.24. The quantitative estimate of drug-likeness (QED) is 0.707. The van der Waals surface area contributed by atoms with E-state index in [-0.39, 0.29) is 30.4 Å². The molecule has 0 bridgehead atoms. The van der Waals surface area contributed by atoms with Gasteiger partial charge in [-0.1, -0.05) is 25.1 Å². The van der Waals surface area contributed by atoms with E-state index in [1.54, 1.807) is 19.1 Å². The molecular formula is C16H24N2O3. The summed E-state index contributed by atoms with van der Waals surface area (Å²) in [5, 5.41) is 14.6. The molecule has 2 amide bonds. The van der Waals surface area contributed by atoms with Crippen LogP contribution >= 0.6 is 0 Å². The van der Waals surface area contributed by atoms with Crippen molar-refractivity contribution in [3.05, 3.63) is 35.4 Å². The SMILES string of the molecule is Cc1ccccc1C(=O)NCC(=O)NCC(C)CC(C)O. The Morgan fingerprint density at radius 1 is 1.19 bits per heavy atom. The van der Waals surface area contributed by atoms with Gasteiger partial charge in [-0.15, -0.1) is 0 Å². The van der Waals surface area contributed by atoms with Crippen LogP contribution in [0.1, 0.15) is 36.2 Å². The molecule has 1 aromatic carbocycles. The highest BCUT2D eigenvalue weighted by Gasteiger charge is 2.11. The van der Waals surface area contributed by atoms with E-state index in [1.807, 2.05) is 26.0 Å². The Bertz CT molecular complexity index is 486. The number of nitrogens with one attached hydrogen (secondary N) is 2. The fraction of sp³-hybridized carbons (Fsp3) is 0.500. The van der Waals surface area contributed by atoms with Gasteiger partial charge in [-0.25, -0.2) is 0 Å². The third-order valence-electron chi connectivity index (χ3n) is 3.19. The third kappa shape index (κ3) is 6.40. The predicted octanol–water partition coefficient (Wildman–Crippen LogP) is 1.25. The number of hydrogen-bond donors (Lipinski definition) is 3. The Morgan fingerprint density at radius 2 is 1.86 bits per heavy atom. The third-order valence-corrected chi connectivity index (χ3v) is 3.19. The maximum Gasteiger partial charge on any atom is 0.251 e. The molecule has 0 radical (unpaired) electrons. The summed E-state index contributed by atoms with van der Waals surface area (Å²) in [6.07, 6.45) is 0.258. The van der Waals surface area contributed by atoms with Gasteiger partial charge in [0.25, 0.3) is 5.91 Å². The summed E-state index contributed by atoms with van der Waals surface area (Å²) in [7, 11) is 0. The number of benzene rings is 1. The van der Waals surface area contributed by atoms with E-state index < -0.39 is 0 Å². The highest BCUT2D eigenvalue weighted by molar-refractivity contribution is 5.97. The van der Waals surface area contributed by atoms with Gasteiger partial charge in [0.15, 0.2) is 0 Å². The number of aryl methyl sites for hydroxylation is 1. The lowest BCUT2D eigenvalue weighted by molar-refractivity contribution is -0.120. The molecule has 0 aromatic heterocycles. The normalized spacial score (nSPS) is 13.3. The van der Waals surface area contributed by atoms with Crippen LogP contribution in [0.2, 0.25) is 0 Å². The highest BCUT2D eigenvalue weighted by atomic mass is 16.3. The van der Waals surface area contributed by atoms with Crippen molar-refractivity contribution in [2.24, 2.45) is 5.92 Å². The van der Waals surface area contributed by atoms with E-state index in [2.05, 4.69) is 10.6 Å². The number of amides is 2. The van der Waals surface area contributed by atoms with Crippen molar-refractivity contribution in [2.75, 3.05) is 13.1 Å². The van der Waals surface area contributed by atoms with Crippen molar-refractivity contribution in [2.45, 2.75) is 33.3 Å². The Hall–Kier alpha value is -1.88. The van der Waals surface area contributed by atoms with E-state index in [4.69, 9.17) is 0 Å². The fourth-order valence-corrected chi connectivity index (χ4v) is 2.10. The second kappa shape index (κ2) is 8.42. The molecule has 0 heterocycles. The number of carbonyl (C=O) groups is 2. The van der Waals surface area contributed by atoms with Gasteiger partial charge >= 0.3 is 0 Å². The number of hydrogen-bond acceptors (Lipinski definition) is 3. The first-order valence-electron chi connectivity index (χ1n) is 7.18. The van der Waals surface area contributed by atoms with Crippen molar-refractivity contribution >= 4 is 11.8 Å². The van der Waals surface area contributed by atoms with E-state index in [0.29, 0.717) is 18.5 Å². The highest BCUT2D eigenvalue weighted by Crippen LogP contribution is 2.06. The summed E-state index contributed by atoms with van der Waals surface area (Å²) < 4.78 is 0. The molecule has 0 aliphatic carbocycles.